The molecular weight excluding hydrogens is 545 g/mol. The molecule has 0 aromatic carbocycles. The number of nitrogens with zero attached hydrogens (tertiary/aromatic N) is 1. The van der Waals surface area contributed by atoms with Crippen molar-refractivity contribution in [1.29, 1.82) is 0 Å². The highest BCUT2D eigenvalue weighted by Crippen LogP contribution is 2.35. The number of hydrogen-bond acceptors (Lipinski definition) is 5. The highest BCUT2D eigenvalue weighted by atomic mass is 33.1. The summed E-state index contributed by atoms with van der Waals surface area (Å²) in [5, 5.41) is 2.98. The third-order valence-corrected chi connectivity index (χ3v) is 9.13. The normalized spacial score (nSPS) is 12.8. The van der Waals surface area contributed by atoms with Crippen LogP contribution in [0.15, 0.2) is 97.4 Å². The predicted octanol–water partition coefficient (Wildman–Crippen LogP) is 9.80. The molecule has 1 aromatic heterocycles. The molecule has 4 nitrogen and oxygen atoms in total. The van der Waals surface area contributed by atoms with E-state index in [9.17, 15) is 9.59 Å². The number of nitrogens with one attached hydrogen (secondary N) is 1. The molecule has 0 unspecified atom stereocenters. The Morgan fingerprint density at radius 2 is 1.39 bits per heavy atom. The summed E-state index contributed by atoms with van der Waals surface area (Å²) in [5.41, 5.74) is 0.573. The summed E-state index contributed by atoms with van der Waals surface area (Å²) in [6.07, 6.45) is 38.5. The van der Waals surface area contributed by atoms with E-state index in [0.717, 1.165) is 57.1 Å². The van der Waals surface area contributed by atoms with Gasteiger partial charge in [0.05, 0.1) is 5.56 Å². The Balaban J connectivity index is 1.99. The lowest BCUT2D eigenvalue weighted by molar-refractivity contribution is -0.119. The van der Waals surface area contributed by atoms with Crippen LogP contribution in [-0.4, -0.2) is 33.7 Å². The lowest BCUT2D eigenvalue weighted by atomic mass is 10.1. The first-order chi connectivity index (χ1) is 19.9. The van der Waals surface area contributed by atoms with E-state index in [2.05, 4.69) is 104 Å². The molecule has 0 aliphatic carbocycles. The van der Waals surface area contributed by atoms with Crippen molar-refractivity contribution in [2.45, 2.75) is 89.7 Å². The lowest BCUT2D eigenvalue weighted by Gasteiger charge is -2.23. The minimum atomic E-state index is -0.103. The Morgan fingerprint density at radius 1 is 0.829 bits per heavy atom. The first-order valence-electron chi connectivity index (χ1n) is 14.8. The topological polar surface area (TPSA) is 59.1 Å². The quantitative estimate of drug-likeness (QED) is 0.0776. The van der Waals surface area contributed by atoms with Gasteiger partial charge in [0, 0.05) is 42.3 Å². The van der Waals surface area contributed by atoms with Crippen LogP contribution in [0.5, 0.6) is 0 Å². The molecule has 0 fully saturated rings. The summed E-state index contributed by atoms with van der Waals surface area (Å²) in [4.78, 5) is 28.3. The average Bonchev–Trinajstić information content (AvgIpc) is 2.97. The SMILES string of the molecule is CC/C=C\C/C=C\C/C=C\C/C=C\C/C=C\C/C=C\CCC(=O)CCCSSC(C)(C)CNC(=O)c1cccnc1. The lowest BCUT2D eigenvalue weighted by Crippen LogP contribution is -2.35. The molecule has 0 saturated carbocycles. The van der Waals surface area contributed by atoms with Crippen molar-refractivity contribution in [2.24, 2.45) is 0 Å². The number of hydrogen-bond donors (Lipinski definition) is 1. The average molecular weight is 595 g/mol. The Labute approximate surface area is 257 Å². The van der Waals surface area contributed by atoms with Crippen molar-refractivity contribution < 1.29 is 9.59 Å². The van der Waals surface area contributed by atoms with E-state index in [4.69, 9.17) is 0 Å². The molecule has 0 aliphatic rings. The Kier molecular flexibility index (Phi) is 22.4. The molecule has 0 spiro atoms. The van der Waals surface area contributed by atoms with Crippen LogP contribution >= 0.6 is 21.6 Å². The van der Waals surface area contributed by atoms with Crippen molar-refractivity contribution in [3.8, 4) is 0 Å². The molecule has 41 heavy (non-hydrogen) atoms. The maximum atomic E-state index is 12.2. The van der Waals surface area contributed by atoms with Gasteiger partial charge in [0.1, 0.15) is 5.78 Å². The van der Waals surface area contributed by atoms with E-state index in [-0.39, 0.29) is 10.7 Å². The van der Waals surface area contributed by atoms with Crippen LogP contribution in [0.25, 0.3) is 0 Å². The van der Waals surface area contributed by atoms with E-state index in [0.29, 0.717) is 30.7 Å². The maximum Gasteiger partial charge on any atom is 0.252 e. The Morgan fingerprint density at radius 3 is 1.93 bits per heavy atom. The van der Waals surface area contributed by atoms with Crippen molar-refractivity contribution in [1.82, 2.24) is 10.3 Å². The zero-order chi connectivity index (χ0) is 29.9. The Hall–Kier alpha value is -2.57. The molecule has 0 atom stereocenters. The monoisotopic (exact) mass is 594 g/mol. The highest BCUT2D eigenvalue weighted by Gasteiger charge is 2.20. The van der Waals surface area contributed by atoms with Crippen molar-refractivity contribution in [3.63, 3.8) is 0 Å². The van der Waals surface area contributed by atoms with Gasteiger partial charge in [-0.2, -0.15) is 0 Å². The molecule has 224 valence electrons. The molecular formula is C35H50N2O2S2. The van der Waals surface area contributed by atoms with Gasteiger partial charge in [0.25, 0.3) is 5.91 Å². The van der Waals surface area contributed by atoms with Gasteiger partial charge in [-0.15, -0.1) is 0 Å². The van der Waals surface area contributed by atoms with Crippen molar-refractivity contribution >= 4 is 33.3 Å². The second-order valence-corrected chi connectivity index (χ2v) is 13.3. The fraction of sp³-hybridized carbons (Fsp3) is 0.457. The molecule has 1 N–H and O–H groups in total. The molecule has 1 rings (SSSR count). The first kappa shape index (κ1) is 36.5. The number of allylic oxidation sites excluding steroid dienone is 12. The molecule has 1 amide bonds. The van der Waals surface area contributed by atoms with E-state index < -0.39 is 0 Å². The first-order valence-corrected chi connectivity index (χ1v) is 17.2. The second-order valence-electron chi connectivity index (χ2n) is 10.2. The molecule has 0 saturated heterocycles. The molecule has 0 aliphatic heterocycles. The fourth-order valence-electron chi connectivity index (χ4n) is 3.46. The molecule has 1 aromatic rings. The van der Waals surface area contributed by atoms with Crippen molar-refractivity contribution in [2.75, 3.05) is 12.3 Å². The van der Waals surface area contributed by atoms with Gasteiger partial charge < -0.3 is 5.32 Å². The minimum absolute atomic E-state index is 0.0947. The van der Waals surface area contributed by atoms with Crippen LogP contribution in [0, 0.1) is 0 Å². The summed E-state index contributed by atoms with van der Waals surface area (Å²) in [6, 6.07) is 3.52. The maximum absolute atomic E-state index is 12.2. The van der Waals surface area contributed by atoms with Crippen molar-refractivity contribution in [3.05, 3.63) is 103 Å². The van der Waals surface area contributed by atoms with E-state index in [1.807, 2.05) is 0 Å². The Bertz CT molecular complexity index is 1010. The summed E-state index contributed by atoms with van der Waals surface area (Å²) >= 11 is 0. The summed E-state index contributed by atoms with van der Waals surface area (Å²) in [7, 11) is 3.52. The van der Waals surface area contributed by atoms with E-state index in [1.54, 1.807) is 46.1 Å². The minimum Gasteiger partial charge on any atom is -0.351 e. The van der Waals surface area contributed by atoms with Crippen LogP contribution in [0.2, 0.25) is 0 Å². The zero-order valence-electron chi connectivity index (χ0n) is 25.3. The van der Waals surface area contributed by atoms with Gasteiger partial charge in [0.2, 0.25) is 0 Å². The number of aromatic nitrogens is 1. The largest absolute Gasteiger partial charge is 0.351 e. The smallest absolute Gasteiger partial charge is 0.252 e. The number of Topliss-reactive ketones (excluding diaryl/α,β-unsaturated/α-hetero) is 1. The highest BCUT2D eigenvalue weighted by molar-refractivity contribution is 8.77. The number of carbonyl (C=O) groups is 2. The zero-order valence-corrected chi connectivity index (χ0v) is 26.9. The van der Waals surface area contributed by atoms with Crippen LogP contribution in [0.4, 0.5) is 0 Å². The third kappa shape index (κ3) is 22.8. The number of pyridine rings is 1. The number of rotatable bonds is 23. The van der Waals surface area contributed by atoms with Gasteiger partial charge >= 0.3 is 0 Å². The fourth-order valence-corrected chi connectivity index (χ4v) is 5.99. The predicted molar refractivity (Wildman–Crippen MR) is 182 cm³/mol. The second kappa shape index (κ2) is 25.2. The van der Waals surface area contributed by atoms with Gasteiger partial charge in [-0.3, -0.25) is 14.6 Å². The van der Waals surface area contributed by atoms with E-state index >= 15 is 0 Å². The number of amides is 1. The summed E-state index contributed by atoms with van der Waals surface area (Å²) in [5.74, 6) is 1.16. The van der Waals surface area contributed by atoms with Crippen LogP contribution < -0.4 is 5.32 Å². The van der Waals surface area contributed by atoms with Crippen LogP contribution in [0.1, 0.15) is 95.3 Å². The molecule has 0 radical (unpaired) electrons. The van der Waals surface area contributed by atoms with Gasteiger partial charge in [-0.1, -0.05) is 101 Å². The number of carbonyl (C=O) groups excluding carboxylic acids is 2. The van der Waals surface area contributed by atoms with Gasteiger partial charge in [-0.05, 0) is 77.3 Å². The molecule has 0 bridgehead atoms. The van der Waals surface area contributed by atoms with Crippen LogP contribution in [0.3, 0.4) is 0 Å². The van der Waals surface area contributed by atoms with Crippen LogP contribution in [-0.2, 0) is 4.79 Å². The summed E-state index contributed by atoms with van der Waals surface area (Å²) < 4.78 is -0.0947. The molecule has 6 heteroatoms. The standard InChI is InChI=1S/C35H50N2O2S2/c1-4-5-6-7-8-9-10-11-12-13-14-15-16-17-18-19-20-21-22-26-33(38)27-24-29-40-41-35(2,3)31-37-34(39)32-25-23-28-36-30-32/h5-6,8-9,11-12,14-15,17-18,20-21,23,25,28,30H,4,7,10,13,16,19,22,24,26-27,29,31H2,1-3H3,(H,37,39)/b6-5-,9-8-,12-11-,15-14-,18-17-,21-20-. The third-order valence-electron chi connectivity index (χ3n) is 5.75. The molecule has 1 heterocycles. The van der Waals surface area contributed by atoms with Gasteiger partial charge in [0.15, 0.2) is 0 Å². The summed E-state index contributed by atoms with van der Waals surface area (Å²) in [6.45, 7) is 6.96. The number of ketones is 1. The van der Waals surface area contributed by atoms with Gasteiger partial charge in [-0.25, -0.2) is 0 Å². The van der Waals surface area contributed by atoms with E-state index in [1.165, 1.54) is 0 Å².